The fourth-order valence-electron chi connectivity index (χ4n) is 1.50. The Morgan fingerprint density at radius 3 is 2.00 bits per heavy atom. The van der Waals surface area contributed by atoms with Gasteiger partial charge >= 0.3 is 0 Å². The molecule has 15 heavy (non-hydrogen) atoms. The number of nitrogens with two attached hydrogens (primary N) is 2. The van der Waals surface area contributed by atoms with Crippen molar-refractivity contribution in [3.8, 4) is 11.1 Å². The van der Waals surface area contributed by atoms with Crippen molar-refractivity contribution >= 4 is 11.4 Å². The lowest BCUT2D eigenvalue weighted by molar-refractivity contribution is 1.47. The molecule has 4 N–H and O–H groups in total. The highest BCUT2D eigenvalue weighted by Gasteiger charge is 1.99. The first-order valence-electron chi connectivity index (χ1n) is 4.89. The summed E-state index contributed by atoms with van der Waals surface area (Å²) in [4.78, 5) is 0. The average Bonchev–Trinajstić information content (AvgIpc) is 2.23. The van der Waals surface area contributed by atoms with E-state index in [1.165, 1.54) is 0 Å². The molecule has 0 heterocycles. The normalized spacial score (nSPS) is 10.2. The Bertz CT molecular complexity index is 472. The smallest absolute Gasteiger partial charge is 0.0349 e. The summed E-state index contributed by atoms with van der Waals surface area (Å²) in [6.07, 6.45) is 0. The van der Waals surface area contributed by atoms with E-state index in [1.807, 2.05) is 43.3 Å². The maximum Gasteiger partial charge on any atom is 0.0349 e. The lowest BCUT2D eigenvalue weighted by atomic mass is 10.0. The van der Waals surface area contributed by atoms with Crippen LogP contribution in [-0.2, 0) is 0 Å². The summed E-state index contributed by atoms with van der Waals surface area (Å²) in [7, 11) is 0. The Morgan fingerprint density at radius 2 is 1.40 bits per heavy atom. The maximum atomic E-state index is 5.86. The van der Waals surface area contributed by atoms with Crippen LogP contribution < -0.4 is 11.5 Å². The molecule has 0 aromatic heterocycles. The Morgan fingerprint density at radius 1 is 0.800 bits per heavy atom. The Balaban J connectivity index is 2.45. The molecule has 0 spiro atoms. The Labute approximate surface area is 89.5 Å². The third-order valence-corrected chi connectivity index (χ3v) is 2.52. The molecule has 2 rings (SSSR count). The molecule has 0 aliphatic heterocycles. The summed E-state index contributed by atoms with van der Waals surface area (Å²) in [5.74, 6) is 0. The molecule has 0 fully saturated rings. The number of hydrogen-bond donors (Lipinski definition) is 2. The highest BCUT2D eigenvalue weighted by molar-refractivity contribution is 5.70. The minimum absolute atomic E-state index is 0.777. The third kappa shape index (κ3) is 1.94. The van der Waals surface area contributed by atoms with E-state index in [4.69, 9.17) is 11.5 Å². The molecule has 2 nitrogen and oxygen atoms in total. The van der Waals surface area contributed by atoms with Crippen LogP contribution in [0.1, 0.15) is 5.56 Å². The predicted octanol–water partition coefficient (Wildman–Crippen LogP) is 2.83. The average molecular weight is 198 g/mol. The van der Waals surface area contributed by atoms with Crippen molar-refractivity contribution in [1.29, 1.82) is 0 Å². The second-order valence-electron chi connectivity index (χ2n) is 3.69. The van der Waals surface area contributed by atoms with E-state index < -0.39 is 0 Å². The second-order valence-corrected chi connectivity index (χ2v) is 3.69. The van der Waals surface area contributed by atoms with Gasteiger partial charge in [0.25, 0.3) is 0 Å². The number of nitrogen functional groups attached to an aromatic ring is 2. The van der Waals surface area contributed by atoms with Gasteiger partial charge in [0.15, 0.2) is 0 Å². The molecule has 2 aromatic carbocycles. The molecule has 0 atom stereocenters. The molecule has 0 saturated heterocycles. The van der Waals surface area contributed by atoms with Crippen LogP contribution in [0.2, 0.25) is 0 Å². The largest absolute Gasteiger partial charge is 0.399 e. The van der Waals surface area contributed by atoms with Gasteiger partial charge in [0, 0.05) is 11.4 Å². The fraction of sp³-hybridized carbons (Fsp3) is 0.0769. The van der Waals surface area contributed by atoms with Crippen LogP contribution in [-0.4, -0.2) is 0 Å². The van der Waals surface area contributed by atoms with E-state index in [1.54, 1.807) is 0 Å². The maximum absolute atomic E-state index is 5.86. The fourth-order valence-corrected chi connectivity index (χ4v) is 1.50. The van der Waals surface area contributed by atoms with Crippen LogP contribution in [0.5, 0.6) is 0 Å². The van der Waals surface area contributed by atoms with Crippen LogP contribution in [0.15, 0.2) is 42.5 Å². The Kier molecular flexibility index (Phi) is 2.34. The predicted molar refractivity (Wildman–Crippen MR) is 65.4 cm³/mol. The van der Waals surface area contributed by atoms with Gasteiger partial charge in [0.2, 0.25) is 0 Å². The molecule has 2 heteroatoms. The minimum Gasteiger partial charge on any atom is -0.399 e. The summed E-state index contributed by atoms with van der Waals surface area (Å²) >= 11 is 0. The SMILES string of the molecule is Cc1ccc(-c2ccc(N)cc2)cc1N. The van der Waals surface area contributed by atoms with Gasteiger partial charge in [-0.3, -0.25) is 0 Å². The molecule has 0 amide bonds. The van der Waals surface area contributed by atoms with E-state index in [2.05, 4.69) is 6.07 Å². The van der Waals surface area contributed by atoms with E-state index >= 15 is 0 Å². The minimum atomic E-state index is 0.777. The van der Waals surface area contributed by atoms with Gasteiger partial charge < -0.3 is 11.5 Å². The van der Waals surface area contributed by atoms with E-state index in [0.29, 0.717) is 0 Å². The first kappa shape index (κ1) is 9.59. The van der Waals surface area contributed by atoms with Gasteiger partial charge in [-0.05, 0) is 41.8 Å². The van der Waals surface area contributed by atoms with Gasteiger partial charge in [0.1, 0.15) is 0 Å². The zero-order valence-electron chi connectivity index (χ0n) is 8.70. The second kappa shape index (κ2) is 3.65. The van der Waals surface area contributed by atoms with Crippen molar-refractivity contribution in [1.82, 2.24) is 0 Å². The summed E-state index contributed by atoms with van der Waals surface area (Å²) in [5, 5.41) is 0. The number of hydrogen-bond acceptors (Lipinski definition) is 2. The lowest BCUT2D eigenvalue weighted by Crippen LogP contribution is -1.90. The van der Waals surface area contributed by atoms with Crippen molar-refractivity contribution < 1.29 is 0 Å². The molecular weight excluding hydrogens is 184 g/mol. The molecule has 0 bridgehead atoms. The topological polar surface area (TPSA) is 52.0 Å². The van der Waals surface area contributed by atoms with Gasteiger partial charge in [0.05, 0.1) is 0 Å². The van der Waals surface area contributed by atoms with Gasteiger partial charge in [-0.2, -0.15) is 0 Å². The van der Waals surface area contributed by atoms with E-state index in [0.717, 1.165) is 28.1 Å². The lowest BCUT2D eigenvalue weighted by Gasteiger charge is -2.05. The first-order valence-corrected chi connectivity index (χ1v) is 4.89. The number of benzene rings is 2. The number of anilines is 2. The highest BCUT2D eigenvalue weighted by Crippen LogP contribution is 2.24. The monoisotopic (exact) mass is 198 g/mol. The molecule has 0 unspecified atom stereocenters. The molecule has 76 valence electrons. The molecule has 0 aliphatic rings. The molecule has 2 aromatic rings. The zero-order valence-corrected chi connectivity index (χ0v) is 8.70. The van der Waals surface area contributed by atoms with Gasteiger partial charge in [-0.25, -0.2) is 0 Å². The van der Waals surface area contributed by atoms with Crippen LogP contribution in [0.3, 0.4) is 0 Å². The summed E-state index contributed by atoms with van der Waals surface area (Å²) in [6.45, 7) is 2.00. The quantitative estimate of drug-likeness (QED) is 0.692. The third-order valence-electron chi connectivity index (χ3n) is 2.52. The molecular formula is C13H14N2. The van der Waals surface area contributed by atoms with Crippen molar-refractivity contribution in [2.45, 2.75) is 6.92 Å². The molecule has 0 radical (unpaired) electrons. The van der Waals surface area contributed by atoms with Crippen LogP contribution >= 0.6 is 0 Å². The summed E-state index contributed by atoms with van der Waals surface area (Å²) in [6, 6.07) is 13.9. The van der Waals surface area contributed by atoms with Crippen molar-refractivity contribution in [2.24, 2.45) is 0 Å². The van der Waals surface area contributed by atoms with Crippen molar-refractivity contribution in [2.75, 3.05) is 11.5 Å². The standard InChI is InChI=1S/C13H14N2/c1-9-2-3-11(8-13(9)15)10-4-6-12(14)7-5-10/h2-8H,14-15H2,1H3. The van der Waals surface area contributed by atoms with Gasteiger partial charge in [-0.15, -0.1) is 0 Å². The number of aryl methyl sites for hydroxylation is 1. The molecule has 0 aliphatic carbocycles. The summed E-state index contributed by atoms with van der Waals surface area (Å²) < 4.78 is 0. The van der Waals surface area contributed by atoms with Crippen LogP contribution in [0.25, 0.3) is 11.1 Å². The van der Waals surface area contributed by atoms with Crippen LogP contribution in [0, 0.1) is 6.92 Å². The number of rotatable bonds is 1. The van der Waals surface area contributed by atoms with Crippen molar-refractivity contribution in [3.63, 3.8) is 0 Å². The van der Waals surface area contributed by atoms with E-state index in [-0.39, 0.29) is 0 Å². The van der Waals surface area contributed by atoms with Crippen molar-refractivity contribution in [3.05, 3.63) is 48.0 Å². The van der Waals surface area contributed by atoms with Crippen LogP contribution in [0.4, 0.5) is 11.4 Å². The van der Waals surface area contributed by atoms with E-state index in [9.17, 15) is 0 Å². The zero-order chi connectivity index (χ0) is 10.8. The highest BCUT2D eigenvalue weighted by atomic mass is 14.6. The first-order chi connectivity index (χ1) is 7.16. The van der Waals surface area contributed by atoms with Gasteiger partial charge in [-0.1, -0.05) is 24.3 Å². The molecule has 0 saturated carbocycles. The summed E-state index contributed by atoms with van der Waals surface area (Å²) in [5.41, 5.74) is 16.5. The Hall–Kier alpha value is -1.96.